The maximum absolute atomic E-state index is 13.9. The first-order valence-corrected chi connectivity index (χ1v) is 15.4. The molecule has 3 aliphatic rings. The van der Waals surface area contributed by atoms with Gasteiger partial charge >= 0.3 is 5.97 Å². The van der Waals surface area contributed by atoms with Crippen LogP contribution in [-0.4, -0.2) is 73.2 Å². The number of pyridine rings is 1. The van der Waals surface area contributed by atoms with E-state index in [1.807, 2.05) is 32.1 Å². The van der Waals surface area contributed by atoms with Crippen LogP contribution in [0.3, 0.4) is 0 Å². The molecule has 2 heterocycles. The third-order valence-electron chi connectivity index (χ3n) is 8.96. The molecule has 0 spiro atoms. The molecule has 1 aromatic carbocycles. The molecule has 5 rings (SSSR count). The Morgan fingerprint density at radius 3 is 2.65 bits per heavy atom. The summed E-state index contributed by atoms with van der Waals surface area (Å²) in [7, 11) is 3.41. The fourth-order valence-electron chi connectivity index (χ4n) is 6.51. The summed E-state index contributed by atoms with van der Waals surface area (Å²) in [6, 6.07) is 5.54. The highest BCUT2D eigenvalue weighted by molar-refractivity contribution is 5.95. The van der Waals surface area contributed by atoms with Crippen LogP contribution in [0.2, 0.25) is 0 Å². The first-order chi connectivity index (χ1) is 20.7. The Hall–Kier alpha value is -3.82. The molecule has 2 aromatic rings. The summed E-state index contributed by atoms with van der Waals surface area (Å²) in [6.07, 6.45) is 7.52. The van der Waals surface area contributed by atoms with Crippen molar-refractivity contribution in [2.45, 2.75) is 70.9 Å². The van der Waals surface area contributed by atoms with Crippen LogP contribution in [0.4, 0.5) is 0 Å². The van der Waals surface area contributed by atoms with Crippen LogP contribution in [0.15, 0.2) is 30.4 Å². The zero-order valence-corrected chi connectivity index (χ0v) is 25.8. The van der Waals surface area contributed by atoms with Crippen LogP contribution in [0, 0.1) is 24.7 Å². The minimum Gasteiger partial charge on any atom is -0.496 e. The van der Waals surface area contributed by atoms with Crippen LogP contribution < -0.4 is 19.5 Å². The zero-order chi connectivity index (χ0) is 30.7. The van der Waals surface area contributed by atoms with E-state index in [4.69, 9.17) is 18.9 Å². The number of aryl methyl sites for hydroxylation is 1. The average molecular weight is 594 g/mol. The summed E-state index contributed by atoms with van der Waals surface area (Å²) in [6.45, 7) is 6.87. The van der Waals surface area contributed by atoms with Gasteiger partial charge in [0.25, 0.3) is 0 Å². The second kappa shape index (κ2) is 12.8. The highest BCUT2D eigenvalue weighted by Gasteiger charge is 2.62. The van der Waals surface area contributed by atoms with Gasteiger partial charge in [-0.05, 0) is 71.4 Å². The van der Waals surface area contributed by atoms with Crippen molar-refractivity contribution in [3.8, 4) is 17.4 Å². The van der Waals surface area contributed by atoms with Crippen LogP contribution in [0.25, 0.3) is 10.9 Å². The molecule has 0 radical (unpaired) electrons. The third kappa shape index (κ3) is 6.15. The Kier molecular flexibility index (Phi) is 9.13. The smallest absolute Gasteiger partial charge is 0.332 e. The number of nitrogens with one attached hydrogen (secondary N) is 1. The summed E-state index contributed by atoms with van der Waals surface area (Å²) in [4.78, 5) is 47.1. The number of hydrogen-bond donors (Lipinski definition) is 1. The minimum absolute atomic E-state index is 0.0773. The molecule has 10 nitrogen and oxygen atoms in total. The number of hydrogen-bond acceptors (Lipinski definition) is 8. The van der Waals surface area contributed by atoms with Gasteiger partial charge in [0.2, 0.25) is 17.7 Å². The van der Waals surface area contributed by atoms with Crippen LogP contribution in [-0.2, 0) is 19.1 Å². The summed E-state index contributed by atoms with van der Waals surface area (Å²) in [5.41, 5.74) is 0.477. The van der Waals surface area contributed by atoms with Gasteiger partial charge in [-0.2, -0.15) is 0 Å². The number of nitrogens with zero attached hydrogens (tertiary/aromatic N) is 2. The molecule has 1 N–H and O–H groups in total. The van der Waals surface area contributed by atoms with Gasteiger partial charge in [0.1, 0.15) is 23.1 Å². The Morgan fingerprint density at radius 1 is 1.12 bits per heavy atom. The third-order valence-corrected chi connectivity index (χ3v) is 8.96. The Balaban J connectivity index is 1.46. The molecule has 1 aromatic heterocycles. The number of carbonyl (C=O) groups excluding carboxylic acids is 3. The standard InChI is InChI=1S/C33H43N3O7/c1-6-41-28-18-27(23-13-14-26(40-5)20(3)29(23)34-28)43-22-16-24-25(17-22)31(38)36(4)15-11-9-8-10-12-21-19-33(21,35-30(24)37)32(39)42-7-2/h10,12-14,18,21-22,24-25H,6-9,11,15-17,19H2,1-5H3,(H,35,37)/b12-10-/t21-,22-,24-,25-,33-/m1/s1. The quantitative estimate of drug-likeness (QED) is 0.372. The van der Waals surface area contributed by atoms with E-state index in [-0.39, 0.29) is 24.3 Å². The Bertz CT molecular complexity index is 1410. The summed E-state index contributed by atoms with van der Waals surface area (Å²) in [5.74, 6) is -0.453. The van der Waals surface area contributed by atoms with Gasteiger partial charge in [0.15, 0.2) is 0 Å². The molecular weight excluding hydrogens is 550 g/mol. The minimum atomic E-state index is -1.09. The number of benzene rings is 1. The van der Waals surface area contributed by atoms with E-state index in [1.54, 1.807) is 32.0 Å². The van der Waals surface area contributed by atoms with Gasteiger partial charge in [-0.15, -0.1) is 0 Å². The van der Waals surface area contributed by atoms with Crippen molar-refractivity contribution < 1.29 is 33.3 Å². The van der Waals surface area contributed by atoms with Crippen molar-refractivity contribution in [3.63, 3.8) is 0 Å². The molecule has 2 fully saturated rings. The first kappa shape index (κ1) is 30.6. The number of methoxy groups -OCH3 is 1. The van der Waals surface area contributed by atoms with Crippen molar-refractivity contribution >= 4 is 28.7 Å². The number of allylic oxidation sites excluding steroid dienone is 1. The fourth-order valence-corrected chi connectivity index (χ4v) is 6.51. The maximum Gasteiger partial charge on any atom is 0.332 e. The van der Waals surface area contributed by atoms with Crippen LogP contribution >= 0.6 is 0 Å². The topological polar surface area (TPSA) is 116 Å². The lowest BCUT2D eigenvalue weighted by atomic mass is 9.93. The van der Waals surface area contributed by atoms with Crippen molar-refractivity contribution in [2.24, 2.45) is 17.8 Å². The van der Waals surface area contributed by atoms with Crippen molar-refractivity contribution in [3.05, 3.63) is 35.9 Å². The van der Waals surface area contributed by atoms with E-state index in [9.17, 15) is 14.4 Å². The lowest BCUT2D eigenvalue weighted by Gasteiger charge is -2.26. The fraction of sp³-hybridized carbons (Fsp3) is 0.576. The number of ether oxygens (including phenoxy) is 4. The SMILES string of the molecule is CCOC(=O)[C@@]12C[C@H]1/C=C\CCCCN(C)C(=O)[C@@H]1C[C@H](Oc3cc(OCC)nc4c(C)c(OC)ccc34)C[C@H]1C(=O)N2. The highest BCUT2D eigenvalue weighted by atomic mass is 16.5. The molecule has 0 unspecified atom stereocenters. The van der Waals surface area contributed by atoms with E-state index in [2.05, 4.69) is 16.4 Å². The number of rotatable bonds is 7. The van der Waals surface area contributed by atoms with Gasteiger partial charge in [-0.25, -0.2) is 9.78 Å². The lowest BCUT2D eigenvalue weighted by Crippen LogP contribution is -2.50. The van der Waals surface area contributed by atoms with E-state index >= 15 is 0 Å². The molecule has 0 bridgehead atoms. The Labute approximate surface area is 253 Å². The number of fused-ring (bicyclic) bond motifs is 3. The largest absolute Gasteiger partial charge is 0.496 e. The molecule has 2 aliphatic carbocycles. The van der Waals surface area contributed by atoms with E-state index in [0.717, 1.165) is 30.2 Å². The van der Waals surface area contributed by atoms with Gasteiger partial charge < -0.3 is 29.2 Å². The van der Waals surface area contributed by atoms with Crippen molar-refractivity contribution in [1.29, 1.82) is 0 Å². The number of aromatic nitrogens is 1. The van der Waals surface area contributed by atoms with Gasteiger partial charge in [-0.1, -0.05) is 12.2 Å². The molecule has 5 atom stereocenters. The normalized spacial score (nSPS) is 28.3. The van der Waals surface area contributed by atoms with Gasteiger partial charge in [0.05, 0.1) is 37.7 Å². The van der Waals surface area contributed by atoms with Crippen LogP contribution in [0.1, 0.15) is 57.9 Å². The molecule has 10 heteroatoms. The predicted molar refractivity (Wildman–Crippen MR) is 161 cm³/mol. The first-order valence-electron chi connectivity index (χ1n) is 15.4. The maximum atomic E-state index is 13.9. The molecule has 2 amide bonds. The summed E-state index contributed by atoms with van der Waals surface area (Å²) < 4.78 is 23.2. The van der Waals surface area contributed by atoms with E-state index in [1.165, 1.54) is 0 Å². The average Bonchev–Trinajstić information content (AvgIpc) is 3.52. The van der Waals surface area contributed by atoms with Gasteiger partial charge in [0, 0.05) is 36.5 Å². The van der Waals surface area contributed by atoms with Crippen molar-refractivity contribution in [2.75, 3.05) is 33.9 Å². The molecule has 2 saturated carbocycles. The highest BCUT2D eigenvalue weighted by Crippen LogP contribution is 2.47. The predicted octanol–water partition coefficient (Wildman–Crippen LogP) is 4.36. The molecule has 1 aliphatic heterocycles. The molecule has 0 saturated heterocycles. The number of carbonyl (C=O) groups is 3. The molecular formula is C33H43N3O7. The number of esters is 1. The molecule has 232 valence electrons. The second-order valence-corrected chi connectivity index (χ2v) is 11.8. The second-order valence-electron chi connectivity index (χ2n) is 11.8. The molecule has 43 heavy (non-hydrogen) atoms. The van der Waals surface area contributed by atoms with Gasteiger partial charge in [-0.3, -0.25) is 9.59 Å². The zero-order valence-electron chi connectivity index (χ0n) is 25.8. The number of amides is 2. The van der Waals surface area contributed by atoms with E-state index < -0.39 is 29.4 Å². The summed E-state index contributed by atoms with van der Waals surface area (Å²) in [5, 5.41) is 3.83. The lowest BCUT2D eigenvalue weighted by molar-refractivity contribution is -0.150. The Morgan fingerprint density at radius 2 is 1.91 bits per heavy atom. The van der Waals surface area contributed by atoms with Crippen molar-refractivity contribution in [1.82, 2.24) is 15.2 Å². The van der Waals surface area contributed by atoms with Crippen LogP contribution in [0.5, 0.6) is 17.4 Å². The summed E-state index contributed by atoms with van der Waals surface area (Å²) >= 11 is 0. The monoisotopic (exact) mass is 593 g/mol. The van der Waals surface area contributed by atoms with E-state index in [0.29, 0.717) is 55.3 Å².